The molecule has 0 bridgehead atoms. The Hall–Kier alpha value is -0.650. The van der Waals surface area contributed by atoms with Gasteiger partial charge in [0.05, 0.1) is 18.8 Å². The van der Waals surface area contributed by atoms with Crippen LogP contribution in [0.15, 0.2) is 0 Å². The molecule has 0 atom stereocenters. The number of hydrogen-bond acceptors (Lipinski definition) is 5. The lowest BCUT2D eigenvalue weighted by molar-refractivity contribution is -0.157. The first-order valence-electron chi connectivity index (χ1n) is 5.07. The van der Waals surface area contributed by atoms with Gasteiger partial charge in [-0.1, -0.05) is 6.92 Å². The summed E-state index contributed by atoms with van der Waals surface area (Å²) in [6, 6.07) is 0. The van der Waals surface area contributed by atoms with Gasteiger partial charge < -0.3 is 19.9 Å². The monoisotopic (exact) mass is 219 g/mol. The van der Waals surface area contributed by atoms with E-state index in [0.29, 0.717) is 6.61 Å². The summed E-state index contributed by atoms with van der Waals surface area (Å²) in [4.78, 5) is 11.5. The van der Waals surface area contributed by atoms with Crippen molar-refractivity contribution in [1.29, 1.82) is 0 Å². The first-order chi connectivity index (χ1) is 7.04. The molecule has 0 saturated heterocycles. The zero-order chi connectivity index (χ0) is 11.7. The highest BCUT2D eigenvalue weighted by Crippen LogP contribution is 2.21. The van der Waals surface area contributed by atoms with Gasteiger partial charge >= 0.3 is 5.97 Å². The standard InChI is InChI=1S/C10H21NO4/c1-4-10(2,3)9(12)15-6-5-13-8-14-7-11/h4-8,11H2,1-3H3. The molecule has 0 saturated carbocycles. The van der Waals surface area contributed by atoms with Crippen molar-refractivity contribution >= 4 is 5.97 Å². The van der Waals surface area contributed by atoms with Crippen LogP contribution in [0.4, 0.5) is 0 Å². The van der Waals surface area contributed by atoms with Crippen LogP contribution in [0.3, 0.4) is 0 Å². The molecule has 15 heavy (non-hydrogen) atoms. The van der Waals surface area contributed by atoms with Gasteiger partial charge in [0.2, 0.25) is 0 Å². The fraction of sp³-hybridized carbons (Fsp3) is 0.900. The van der Waals surface area contributed by atoms with Crippen molar-refractivity contribution in [3.63, 3.8) is 0 Å². The number of esters is 1. The lowest BCUT2D eigenvalue weighted by atomic mass is 9.91. The molecule has 0 fully saturated rings. The van der Waals surface area contributed by atoms with Crippen LogP contribution >= 0.6 is 0 Å². The molecule has 0 radical (unpaired) electrons. The smallest absolute Gasteiger partial charge is 0.311 e. The van der Waals surface area contributed by atoms with Crippen LogP contribution in [0.5, 0.6) is 0 Å². The van der Waals surface area contributed by atoms with Crippen LogP contribution in [-0.4, -0.2) is 32.7 Å². The topological polar surface area (TPSA) is 70.8 Å². The molecule has 0 unspecified atom stereocenters. The molecule has 0 aromatic carbocycles. The molecule has 0 aromatic heterocycles. The second kappa shape index (κ2) is 7.62. The minimum absolute atomic E-state index is 0.128. The van der Waals surface area contributed by atoms with E-state index in [1.54, 1.807) is 0 Å². The summed E-state index contributed by atoms with van der Waals surface area (Å²) in [5.41, 5.74) is 4.66. The van der Waals surface area contributed by atoms with E-state index in [1.807, 2.05) is 20.8 Å². The van der Waals surface area contributed by atoms with Crippen LogP contribution in [-0.2, 0) is 19.0 Å². The van der Waals surface area contributed by atoms with Gasteiger partial charge in [0.15, 0.2) is 0 Å². The maximum absolute atomic E-state index is 11.5. The maximum atomic E-state index is 11.5. The van der Waals surface area contributed by atoms with Gasteiger partial charge in [-0.2, -0.15) is 0 Å². The van der Waals surface area contributed by atoms with E-state index in [-0.39, 0.29) is 26.1 Å². The molecule has 0 spiro atoms. The fourth-order valence-corrected chi connectivity index (χ4v) is 0.699. The summed E-state index contributed by atoms with van der Waals surface area (Å²) in [6.45, 7) is 6.49. The maximum Gasteiger partial charge on any atom is 0.311 e. The van der Waals surface area contributed by atoms with Gasteiger partial charge in [0, 0.05) is 0 Å². The molecule has 5 nitrogen and oxygen atoms in total. The van der Waals surface area contributed by atoms with Gasteiger partial charge in [-0.15, -0.1) is 0 Å². The predicted molar refractivity (Wildman–Crippen MR) is 56.0 cm³/mol. The third-order valence-corrected chi connectivity index (χ3v) is 2.18. The molecule has 0 aromatic rings. The van der Waals surface area contributed by atoms with Crippen LogP contribution in [0.2, 0.25) is 0 Å². The molecule has 0 rings (SSSR count). The highest BCUT2D eigenvalue weighted by molar-refractivity contribution is 5.75. The third-order valence-electron chi connectivity index (χ3n) is 2.18. The Morgan fingerprint density at radius 2 is 1.93 bits per heavy atom. The van der Waals surface area contributed by atoms with Crippen LogP contribution < -0.4 is 5.73 Å². The van der Waals surface area contributed by atoms with E-state index >= 15 is 0 Å². The van der Waals surface area contributed by atoms with E-state index in [0.717, 1.165) is 6.42 Å². The van der Waals surface area contributed by atoms with Gasteiger partial charge in [0.1, 0.15) is 13.4 Å². The minimum Gasteiger partial charge on any atom is -0.463 e. The minimum atomic E-state index is -0.423. The lowest BCUT2D eigenvalue weighted by Gasteiger charge is -2.20. The summed E-state index contributed by atoms with van der Waals surface area (Å²) in [5, 5.41) is 0. The second-order valence-electron chi connectivity index (χ2n) is 3.77. The molecule has 5 heteroatoms. The molecular weight excluding hydrogens is 198 g/mol. The van der Waals surface area contributed by atoms with Crippen molar-refractivity contribution in [2.45, 2.75) is 27.2 Å². The molecule has 0 aliphatic carbocycles. The van der Waals surface area contributed by atoms with Gasteiger partial charge in [-0.3, -0.25) is 4.79 Å². The summed E-state index contributed by atoms with van der Waals surface area (Å²) in [5.74, 6) is -0.201. The number of rotatable bonds is 8. The number of hydrogen-bond donors (Lipinski definition) is 1. The Balaban J connectivity index is 3.47. The molecular formula is C10H21NO4. The molecule has 90 valence electrons. The first-order valence-corrected chi connectivity index (χ1v) is 5.07. The summed E-state index contributed by atoms with van der Waals surface area (Å²) < 4.78 is 14.8. The van der Waals surface area contributed by atoms with Gasteiger partial charge in [-0.05, 0) is 20.3 Å². The SMILES string of the molecule is CCC(C)(C)C(=O)OCCOCOCN. The summed E-state index contributed by atoms with van der Waals surface area (Å²) in [6.07, 6.45) is 0.753. The lowest BCUT2D eigenvalue weighted by Crippen LogP contribution is -2.27. The highest BCUT2D eigenvalue weighted by atomic mass is 16.7. The Kier molecular flexibility index (Phi) is 7.29. The van der Waals surface area contributed by atoms with Crippen LogP contribution in [0.1, 0.15) is 27.2 Å². The van der Waals surface area contributed by atoms with Crippen LogP contribution in [0, 0.1) is 5.41 Å². The van der Waals surface area contributed by atoms with Crippen molar-refractivity contribution in [2.75, 3.05) is 26.7 Å². The molecule has 0 heterocycles. The van der Waals surface area contributed by atoms with Crippen molar-refractivity contribution < 1.29 is 19.0 Å². The van der Waals surface area contributed by atoms with Crippen molar-refractivity contribution in [3.8, 4) is 0 Å². The van der Waals surface area contributed by atoms with E-state index in [4.69, 9.17) is 19.9 Å². The van der Waals surface area contributed by atoms with Crippen molar-refractivity contribution in [2.24, 2.45) is 11.1 Å². The number of nitrogens with two attached hydrogens (primary N) is 1. The molecule has 0 amide bonds. The molecule has 0 aliphatic rings. The Morgan fingerprint density at radius 3 is 2.47 bits per heavy atom. The summed E-state index contributed by atoms with van der Waals surface area (Å²) in [7, 11) is 0. The van der Waals surface area contributed by atoms with Crippen molar-refractivity contribution in [1.82, 2.24) is 0 Å². The van der Waals surface area contributed by atoms with E-state index in [2.05, 4.69) is 0 Å². The third kappa shape index (κ3) is 6.43. The fourth-order valence-electron chi connectivity index (χ4n) is 0.699. The van der Waals surface area contributed by atoms with Gasteiger partial charge in [0.25, 0.3) is 0 Å². The van der Waals surface area contributed by atoms with E-state index in [9.17, 15) is 4.79 Å². The van der Waals surface area contributed by atoms with Crippen LogP contribution in [0.25, 0.3) is 0 Å². The average molecular weight is 219 g/mol. The zero-order valence-corrected chi connectivity index (χ0v) is 9.75. The van der Waals surface area contributed by atoms with Gasteiger partial charge in [-0.25, -0.2) is 0 Å². The van der Waals surface area contributed by atoms with E-state index in [1.165, 1.54) is 0 Å². The van der Waals surface area contributed by atoms with Crippen molar-refractivity contribution in [3.05, 3.63) is 0 Å². The largest absolute Gasteiger partial charge is 0.463 e. The Morgan fingerprint density at radius 1 is 1.27 bits per heavy atom. The number of carbonyl (C=O) groups is 1. The second-order valence-corrected chi connectivity index (χ2v) is 3.77. The average Bonchev–Trinajstić information content (AvgIpc) is 2.22. The zero-order valence-electron chi connectivity index (χ0n) is 9.75. The Labute approximate surface area is 90.9 Å². The Bertz CT molecular complexity index is 182. The normalized spacial score (nSPS) is 11.5. The number of carbonyl (C=O) groups excluding carboxylic acids is 1. The number of ether oxygens (including phenoxy) is 3. The quantitative estimate of drug-likeness (QED) is 0.372. The predicted octanol–water partition coefficient (Wildman–Crippen LogP) is 0.873. The first kappa shape index (κ1) is 14.3. The molecule has 0 aliphatic heterocycles. The summed E-state index contributed by atoms with van der Waals surface area (Å²) >= 11 is 0. The highest BCUT2D eigenvalue weighted by Gasteiger charge is 2.26. The molecule has 2 N–H and O–H groups in total. The van der Waals surface area contributed by atoms with E-state index < -0.39 is 5.41 Å².